The van der Waals surface area contributed by atoms with Gasteiger partial charge < -0.3 is 9.80 Å². The monoisotopic (exact) mass is 181 g/mol. The van der Waals surface area contributed by atoms with Crippen molar-refractivity contribution in [2.45, 2.75) is 25.3 Å². The van der Waals surface area contributed by atoms with Crippen molar-refractivity contribution in [2.24, 2.45) is 0 Å². The minimum atomic E-state index is -0.0278. The first kappa shape index (κ1) is 8.53. The fourth-order valence-corrected chi connectivity index (χ4v) is 2.13. The van der Waals surface area contributed by atoms with Gasteiger partial charge in [-0.3, -0.25) is 10.2 Å². The summed E-state index contributed by atoms with van der Waals surface area (Å²) in [6.45, 7) is 1.73. The van der Waals surface area contributed by atoms with Crippen molar-refractivity contribution in [2.75, 3.05) is 20.1 Å². The molecule has 0 saturated carbocycles. The summed E-state index contributed by atoms with van der Waals surface area (Å²) < 4.78 is 0. The number of hydrogen-bond acceptors (Lipinski definition) is 2. The van der Waals surface area contributed by atoms with Gasteiger partial charge in [0.2, 0.25) is 5.91 Å². The molecule has 0 aliphatic carbocycles. The Morgan fingerprint density at radius 2 is 2.23 bits per heavy atom. The van der Waals surface area contributed by atoms with Gasteiger partial charge in [0.1, 0.15) is 6.04 Å². The number of nitrogens with one attached hydrogen (secondary N) is 1. The molecule has 2 heterocycles. The van der Waals surface area contributed by atoms with Crippen LogP contribution in [0.5, 0.6) is 0 Å². The van der Waals surface area contributed by atoms with Gasteiger partial charge in [-0.2, -0.15) is 0 Å². The van der Waals surface area contributed by atoms with E-state index in [-0.39, 0.29) is 11.9 Å². The van der Waals surface area contributed by atoms with Gasteiger partial charge in [0.15, 0.2) is 0 Å². The lowest BCUT2D eigenvalue weighted by Gasteiger charge is -2.23. The highest BCUT2D eigenvalue weighted by molar-refractivity contribution is 5.90. The molecule has 2 aliphatic rings. The molecule has 0 aromatic carbocycles. The Bertz CT molecular complexity index is 251. The molecule has 0 radical (unpaired) electrons. The highest BCUT2D eigenvalue weighted by Gasteiger charge is 2.36. The molecule has 0 spiro atoms. The number of nitrogens with zero attached hydrogens (tertiary/aromatic N) is 2. The van der Waals surface area contributed by atoms with Crippen molar-refractivity contribution >= 4 is 11.7 Å². The number of carbonyl (C=O) groups excluding carboxylic acids is 1. The lowest BCUT2D eigenvalue weighted by Crippen LogP contribution is -2.41. The second-order valence-electron chi connectivity index (χ2n) is 3.81. The first-order chi connectivity index (χ1) is 6.20. The average Bonchev–Trinajstić information content (AvgIpc) is 2.62. The molecule has 1 N–H and O–H groups in total. The van der Waals surface area contributed by atoms with E-state index < -0.39 is 0 Å². The number of amidine groups is 1. The molecule has 2 saturated heterocycles. The minimum Gasteiger partial charge on any atom is -0.348 e. The van der Waals surface area contributed by atoms with E-state index in [2.05, 4.69) is 0 Å². The summed E-state index contributed by atoms with van der Waals surface area (Å²) in [6, 6.07) is -0.0278. The molecule has 4 heteroatoms. The highest BCUT2D eigenvalue weighted by atomic mass is 16.2. The number of rotatable bonds is 1. The molecule has 2 aliphatic heterocycles. The molecular formula is C9H15N3O. The summed E-state index contributed by atoms with van der Waals surface area (Å²) in [5, 5.41) is 7.68. The molecule has 0 aromatic heterocycles. The Balaban J connectivity index is 2.09. The minimum absolute atomic E-state index is 0.0278. The molecule has 2 fully saturated rings. The van der Waals surface area contributed by atoms with E-state index in [4.69, 9.17) is 5.41 Å². The van der Waals surface area contributed by atoms with Crippen molar-refractivity contribution in [3.8, 4) is 0 Å². The first-order valence-electron chi connectivity index (χ1n) is 4.79. The largest absolute Gasteiger partial charge is 0.348 e. The van der Waals surface area contributed by atoms with Crippen LogP contribution in [-0.4, -0.2) is 47.7 Å². The maximum Gasteiger partial charge on any atom is 0.245 e. The zero-order chi connectivity index (χ0) is 9.42. The van der Waals surface area contributed by atoms with Crippen molar-refractivity contribution in [1.82, 2.24) is 9.80 Å². The van der Waals surface area contributed by atoms with Crippen LogP contribution in [0, 0.1) is 5.41 Å². The van der Waals surface area contributed by atoms with E-state index in [1.165, 1.54) is 0 Å². The van der Waals surface area contributed by atoms with Crippen LogP contribution in [0.1, 0.15) is 19.3 Å². The lowest BCUT2D eigenvalue weighted by atomic mass is 10.2. The van der Waals surface area contributed by atoms with E-state index in [0.29, 0.717) is 5.84 Å². The third kappa shape index (κ3) is 1.30. The highest BCUT2D eigenvalue weighted by Crippen LogP contribution is 2.21. The van der Waals surface area contributed by atoms with Crippen LogP contribution < -0.4 is 0 Å². The van der Waals surface area contributed by atoms with Crippen LogP contribution >= 0.6 is 0 Å². The van der Waals surface area contributed by atoms with Gasteiger partial charge in [-0.15, -0.1) is 0 Å². The smallest absolute Gasteiger partial charge is 0.245 e. The SMILES string of the molecule is CN1CCC(N2CCCC2=N)C1=O. The number of carbonyl (C=O) groups is 1. The summed E-state index contributed by atoms with van der Waals surface area (Å²) >= 11 is 0. The van der Waals surface area contributed by atoms with E-state index in [0.717, 1.165) is 32.4 Å². The van der Waals surface area contributed by atoms with Crippen LogP contribution in [0.4, 0.5) is 0 Å². The topological polar surface area (TPSA) is 47.4 Å². The third-order valence-corrected chi connectivity index (χ3v) is 2.93. The Morgan fingerprint density at radius 3 is 2.69 bits per heavy atom. The van der Waals surface area contributed by atoms with Gasteiger partial charge in [-0.05, 0) is 12.8 Å². The van der Waals surface area contributed by atoms with Crippen LogP contribution in [0.15, 0.2) is 0 Å². The van der Waals surface area contributed by atoms with Crippen LogP contribution in [-0.2, 0) is 4.79 Å². The van der Waals surface area contributed by atoms with Gasteiger partial charge in [0, 0.05) is 26.6 Å². The van der Waals surface area contributed by atoms with Crippen molar-refractivity contribution in [3.63, 3.8) is 0 Å². The first-order valence-corrected chi connectivity index (χ1v) is 4.79. The summed E-state index contributed by atoms with van der Waals surface area (Å²) in [6.07, 6.45) is 2.76. The van der Waals surface area contributed by atoms with Gasteiger partial charge in [0.25, 0.3) is 0 Å². The molecule has 0 bridgehead atoms. The quantitative estimate of drug-likeness (QED) is 0.632. The Labute approximate surface area is 78.0 Å². The number of likely N-dealkylation sites (N-methyl/N-ethyl adjacent to an activating group) is 1. The Kier molecular flexibility index (Phi) is 1.98. The van der Waals surface area contributed by atoms with Crippen LogP contribution in [0.3, 0.4) is 0 Å². The second kappa shape index (κ2) is 3.01. The molecule has 1 atom stereocenters. The fraction of sp³-hybridized carbons (Fsp3) is 0.778. The van der Waals surface area contributed by atoms with Crippen LogP contribution in [0.25, 0.3) is 0 Å². The maximum absolute atomic E-state index is 11.6. The summed E-state index contributed by atoms with van der Waals surface area (Å²) in [5.41, 5.74) is 0. The van der Waals surface area contributed by atoms with E-state index >= 15 is 0 Å². The third-order valence-electron chi connectivity index (χ3n) is 2.93. The van der Waals surface area contributed by atoms with Crippen molar-refractivity contribution in [3.05, 3.63) is 0 Å². The molecule has 0 aromatic rings. The normalized spacial score (nSPS) is 29.2. The predicted octanol–water partition coefficient (Wildman–Crippen LogP) is 0.290. The number of amides is 1. The van der Waals surface area contributed by atoms with Crippen molar-refractivity contribution in [1.29, 1.82) is 5.41 Å². The Morgan fingerprint density at radius 1 is 1.46 bits per heavy atom. The average molecular weight is 181 g/mol. The Hall–Kier alpha value is -1.06. The zero-order valence-electron chi connectivity index (χ0n) is 7.92. The molecule has 1 unspecified atom stereocenters. The fourth-order valence-electron chi connectivity index (χ4n) is 2.13. The molecular weight excluding hydrogens is 166 g/mol. The standard InChI is InChI=1S/C9H15N3O/c1-11-6-4-7(9(11)13)12-5-2-3-8(12)10/h7,10H,2-6H2,1H3. The van der Waals surface area contributed by atoms with Gasteiger partial charge in [-0.1, -0.05) is 0 Å². The lowest BCUT2D eigenvalue weighted by molar-refractivity contribution is -0.129. The van der Waals surface area contributed by atoms with E-state index in [9.17, 15) is 4.79 Å². The number of likely N-dealkylation sites (tertiary alicyclic amines) is 2. The second-order valence-corrected chi connectivity index (χ2v) is 3.81. The van der Waals surface area contributed by atoms with E-state index in [1.807, 2.05) is 11.9 Å². The van der Waals surface area contributed by atoms with E-state index in [1.54, 1.807) is 4.90 Å². The van der Waals surface area contributed by atoms with Gasteiger partial charge in [0.05, 0.1) is 5.84 Å². The zero-order valence-corrected chi connectivity index (χ0v) is 7.92. The summed E-state index contributed by atoms with van der Waals surface area (Å²) in [5.74, 6) is 0.834. The predicted molar refractivity (Wildman–Crippen MR) is 49.7 cm³/mol. The molecule has 2 rings (SSSR count). The summed E-state index contributed by atoms with van der Waals surface area (Å²) in [7, 11) is 1.84. The van der Waals surface area contributed by atoms with Crippen LogP contribution in [0.2, 0.25) is 0 Å². The molecule has 72 valence electrons. The molecule has 1 amide bonds. The van der Waals surface area contributed by atoms with Gasteiger partial charge in [-0.25, -0.2) is 0 Å². The van der Waals surface area contributed by atoms with Crippen molar-refractivity contribution < 1.29 is 4.79 Å². The molecule has 4 nitrogen and oxygen atoms in total. The summed E-state index contributed by atoms with van der Waals surface area (Å²) in [4.78, 5) is 15.3. The maximum atomic E-state index is 11.6. The number of hydrogen-bond donors (Lipinski definition) is 1. The molecule has 13 heavy (non-hydrogen) atoms. The van der Waals surface area contributed by atoms with Gasteiger partial charge >= 0.3 is 0 Å².